The molecule has 2 saturated heterocycles. The fourth-order valence-electron chi connectivity index (χ4n) is 4.04. The van der Waals surface area contributed by atoms with E-state index in [1.807, 2.05) is 0 Å². The normalized spacial score (nSPS) is 23.4. The smallest absolute Gasteiger partial charge is 0.252 e. The molecule has 1 atom stereocenters. The number of amides is 1. The average Bonchev–Trinajstić information content (AvgIpc) is 3.21. The molecule has 0 bridgehead atoms. The fraction of sp³-hybridized carbons (Fsp3) is 0.737. The third-order valence-electron chi connectivity index (χ3n) is 5.61. The van der Waals surface area contributed by atoms with Crippen LogP contribution in [0.15, 0.2) is 21.7 Å². The predicted octanol–water partition coefficient (Wildman–Crippen LogP) is 2.39. The van der Waals surface area contributed by atoms with Crippen molar-refractivity contribution in [3.05, 3.63) is 17.5 Å². The fourth-order valence-corrected chi connectivity index (χ4v) is 6.66. The Bertz CT molecular complexity index is 698. The summed E-state index contributed by atoms with van der Waals surface area (Å²) in [7, 11) is -3.39. The number of thiophene rings is 1. The van der Waals surface area contributed by atoms with Crippen LogP contribution >= 0.6 is 11.3 Å². The molecule has 3 rings (SSSR count). The van der Waals surface area contributed by atoms with Crippen molar-refractivity contribution in [2.24, 2.45) is 11.8 Å². The van der Waals surface area contributed by atoms with Gasteiger partial charge in [-0.05, 0) is 62.6 Å². The molecule has 2 aliphatic rings. The highest BCUT2D eigenvalue weighted by atomic mass is 32.2. The summed E-state index contributed by atoms with van der Waals surface area (Å²) < 4.78 is 27.0. The molecule has 2 aliphatic heterocycles. The van der Waals surface area contributed by atoms with Gasteiger partial charge in [-0.15, -0.1) is 11.3 Å². The van der Waals surface area contributed by atoms with E-state index in [-0.39, 0.29) is 11.8 Å². The predicted molar refractivity (Wildman–Crippen MR) is 108 cm³/mol. The van der Waals surface area contributed by atoms with Gasteiger partial charge in [-0.2, -0.15) is 4.31 Å². The maximum atomic E-state index is 12.5. The minimum Gasteiger partial charge on any atom is -0.356 e. The minimum absolute atomic E-state index is 0.0743. The van der Waals surface area contributed by atoms with Gasteiger partial charge < -0.3 is 10.2 Å². The molecule has 152 valence electrons. The van der Waals surface area contributed by atoms with Crippen molar-refractivity contribution in [3.63, 3.8) is 0 Å². The molecule has 1 aromatic heterocycles. The number of hydrogen-bond acceptors (Lipinski definition) is 5. The zero-order valence-electron chi connectivity index (χ0n) is 16.1. The highest BCUT2D eigenvalue weighted by molar-refractivity contribution is 7.91. The molecule has 0 aliphatic carbocycles. The van der Waals surface area contributed by atoms with E-state index in [1.165, 1.54) is 41.6 Å². The minimum atomic E-state index is -3.39. The Kier molecular flexibility index (Phi) is 7.30. The second-order valence-corrected chi connectivity index (χ2v) is 10.9. The summed E-state index contributed by atoms with van der Waals surface area (Å²) in [5, 5.41) is 4.83. The number of hydrogen-bond donors (Lipinski definition) is 1. The van der Waals surface area contributed by atoms with Gasteiger partial charge in [0, 0.05) is 32.1 Å². The Morgan fingerprint density at radius 2 is 2.04 bits per heavy atom. The quantitative estimate of drug-likeness (QED) is 0.697. The monoisotopic (exact) mass is 413 g/mol. The van der Waals surface area contributed by atoms with Gasteiger partial charge in [0.25, 0.3) is 10.0 Å². The summed E-state index contributed by atoms with van der Waals surface area (Å²) in [6.45, 7) is 7.24. The molecule has 1 unspecified atom stereocenters. The van der Waals surface area contributed by atoms with Crippen LogP contribution in [-0.4, -0.2) is 62.8 Å². The van der Waals surface area contributed by atoms with E-state index in [2.05, 4.69) is 17.1 Å². The van der Waals surface area contributed by atoms with Crippen molar-refractivity contribution in [3.8, 4) is 0 Å². The van der Waals surface area contributed by atoms with E-state index in [4.69, 9.17) is 0 Å². The zero-order valence-corrected chi connectivity index (χ0v) is 17.7. The summed E-state index contributed by atoms with van der Waals surface area (Å²) >= 11 is 1.24. The van der Waals surface area contributed by atoms with E-state index in [9.17, 15) is 13.2 Å². The molecule has 0 aromatic carbocycles. The summed E-state index contributed by atoms with van der Waals surface area (Å²) in [5.41, 5.74) is 0. The molecule has 0 spiro atoms. The lowest BCUT2D eigenvalue weighted by Gasteiger charge is -2.31. The highest BCUT2D eigenvalue weighted by Gasteiger charge is 2.32. The number of likely N-dealkylation sites (tertiary alicyclic amines) is 1. The van der Waals surface area contributed by atoms with Gasteiger partial charge in [-0.25, -0.2) is 8.42 Å². The first-order valence-corrected chi connectivity index (χ1v) is 12.3. The topological polar surface area (TPSA) is 69.7 Å². The number of carbonyl (C=O) groups is 1. The second kappa shape index (κ2) is 9.49. The van der Waals surface area contributed by atoms with Gasteiger partial charge in [0.1, 0.15) is 4.21 Å². The molecule has 1 N–H and O–H groups in total. The molecule has 0 radical (unpaired) electrons. The first-order chi connectivity index (χ1) is 13.0. The van der Waals surface area contributed by atoms with Crippen molar-refractivity contribution in [2.45, 2.75) is 43.2 Å². The SMILES string of the molecule is CC1CCCN(CCCNC(=O)C2CCN(S(=O)(=O)c3cccs3)CC2)C1. The standard InChI is InChI=1S/C19H31N3O3S2/c1-16-5-2-10-21(15-16)11-4-9-20-19(23)17-7-12-22(13-8-17)27(24,25)18-6-3-14-26-18/h3,6,14,16-17H,2,4-5,7-13,15H2,1H3,(H,20,23). The highest BCUT2D eigenvalue weighted by Crippen LogP contribution is 2.26. The largest absolute Gasteiger partial charge is 0.356 e. The maximum absolute atomic E-state index is 12.5. The van der Waals surface area contributed by atoms with Crippen molar-refractivity contribution in [1.82, 2.24) is 14.5 Å². The summed E-state index contributed by atoms with van der Waals surface area (Å²) in [6, 6.07) is 3.39. The van der Waals surface area contributed by atoms with Gasteiger partial charge in [0.2, 0.25) is 5.91 Å². The van der Waals surface area contributed by atoms with E-state index in [0.29, 0.717) is 36.7 Å². The lowest BCUT2D eigenvalue weighted by molar-refractivity contribution is -0.126. The number of rotatable bonds is 7. The molecule has 8 heteroatoms. The second-order valence-electron chi connectivity index (χ2n) is 7.80. The van der Waals surface area contributed by atoms with Crippen LogP contribution in [0.3, 0.4) is 0 Å². The van der Waals surface area contributed by atoms with Crippen molar-refractivity contribution in [1.29, 1.82) is 0 Å². The van der Waals surface area contributed by atoms with Crippen LogP contribution in [0.4, 0.5) is 0 Å². The summed E-state index contributed by atoms with van der Waals surface area (Å²) in [5.74, 6) is 0.786. The third kappa shape index (κ3) is 5.53. The molecule has 27 heavy (non-hydrogen) atoms. The number of nitrogens with one attached hydrogen (secondary N) is 1. The van der Waals surface area contributed by atoms with Gasteiger partial charge in [-0.1, -0.05) is 13.0 Å². The molecule has 1 amide bonds. The third-order valence-corrected chi connectivity index (χ3v) is 8.88. The molecule has 6 nitrogen and oxygen atoms in total. The van der Waals surface area contributed by atoms with E-state index in [1.54, 1.807) is 17.5 Å². The van der Waals surface area contributed by atoms with Crippen LogP contribution in [-0.2, 0) is 14.8 Å². The molecule has 2 fully saturated rings. The number of carbonyl (C=O) groups excluding carboxylic acids is 1. The zero-order chi connectivity index (χ0) is 19.3. The van der Waals surface area contributed by atoms with Gasteiger partial charge in [-0.3, -0.25) is 4.79 Å². The Balaban J connectivity index is 1.36. The first-order valence-electron chi connectivity index (χ1n) is 10.0. The lowest BCUT2D eigenvalue weighted by Crippen LogP contribution is -2.43. The molecule has 3 heterocycles. The Morgan fingerprint density at radius 3 is 2.70 bits per heavy atom. The van der Waals surface area contributed by atoms with Crippen molar-refractivity contribution in [2.75, 3.05) is 39.3 Å². The van der Waals surface area contributed by atoms with Crippen LogP contribution in [0.1, 0.15) is 39.0 Å². The summed E-state index contributed by atoms with van der Waals surface area (Å²) in [4.78, 5) is 14.9. The van der Waals surface area contributed by atoms with Crippen LogP contribution in [0.2, 0.25) is 0 Å². The number of nitrogens with zero attached hydrogens (tertiary/aromatic N) is 2. The first kappa shape index (κ1) is 20.8. The van der Waals surface area contributed by atoms with E-state index >= 15 is 0 Å². The Morgan fingerprint density at radius 1 is 1.26 bits per heavy atom. The van der Waals surface area contributed by atoms with E-state index in [0.717, 1.165) is 18.9 Å². The van der Waals surface area contributed by atoms with Gasteiger partial charge >= 0.3 is 0 Å². The van der Waals surface area contributed by atoms with Crippen molar-refractivity contribution < 1.29 is 13.2 Å². The van der Waals surface area contributed by atoms with Crippen LogP contribution in [0, 0.1) is 11.8 Å². The van der Waals surface area contributed by atoms with Crippen LogP contribution in [0.25, 0.3) is 0 Å². The van der Waals surface area contributed by atoms with Crippen LogP contribution < -0.4 is 5.32 Å². The van der Waals surface area contributed by atoms with Crippen LogP contribution in [0.5, 0.6) is 0 Å². The average molecular weight is 414 g/mol. The van der Waals surface area contributed by atoms with Crippen molar-refractivity contribution >= 4 is 27.3 Å². The molecule has 1 aromatic rings. The molecule has 0 saturated carbocycles. The summed E-state index contributed by atoms with van der Waals surface area (Å²) in [6.07, 6.45) is 4.78. The van der Waals surface area contributed by atoms with E-state index < -0.39 is 10.0 Å². The lowest BCUT2D eigenvalue weighted by atomic mass is 9.97. The number of sulfonamides is 1. The Hall–Kier alpha value is -0.960. The Labute approximate surface area is 167 Å². The maximum Gasteiger partial charge on any atom is 0.252 e. The molecular formula is C19H31N3O3S2. The number of piperidine rings is 2. The molecular weight excluding hydrogens is 382 g/mol. The van der Waals surface area contributed by atoms with Gasteiger partial charge in [0.05, 0.1) is 0 Å². The van der Waals surface area contributed by atoms with Gasteiger partial charge in [0.15, 0.2) is 0 Å².